The predicted octanol–water partition coefficient (Wildman–Crippen LogP) is 1.35. The van der Waals surface area contributed by atoms with E-state index in [-0.39, 0.29) is 11.8 Å². The number of hydrogen-bond donors (Lipinski definition) is 0. The second-order valence-corrected chi connectivity index (χ2v) is 4.97. The van der Waals surface area contributed by atoms with Crippen LogP contribution in [0.25, 0.3) is 0 Å². The number of amides is 1. The fourth-order valence-corrected chi connectivity index (χ4v) is 2.62. The van der Waals surface area contributed by atoms with Gasteiger partial charge in [0.1, 0.15) is 11.4 Å². The summed E-state index contributed by atoms with van der Waals surface area (Å²) in [5.41, 5.74) is 2.17. The summed E-state index contributed by atoms with van der Waals surface area (Å²) in [4.78, 5) is 20.3. The highest BCUT2D eigenvalue weighted by atomic mass is 16.5. The van der Waals surface area contributed by atoms with Gasteiger partial charge in [-0.3, -0.25) is 9.78 Å². The van der Waals surface area contributed by atoms with E-state index in [1.54, 1.807) is 0 Å². The van der Waals surface area contributed by atoms with E-state index >= 15 is 0 Å². The molecule has 1 atom stereocenters. The van der Waals surface area contributed by atoms with E-state index in [2.05, 4.69) is 15.1 Å². The average molecular weight is 280 g/mol. The molecule has 0 N–H and O–H groups in total. The number of ether oxygens (including phenoxy) is 1. The Bertz CT molecular complexity index is 729. The quantitative estimate of drug-likeness (QED) is 0.790. The Morgan fingerprint density at radius 1 is 1.29 bits per heavy atom. The number of carbonyl (C=O) groups is 1. The predicted molar refractivity (Wildman–Crippen MR) is 75.0 cm³/mol. The summed E-state index contributed by atoms with van der Waals surface area (Å²) >= 11 is 0. The summed E-state index contributed by atoms with van der Waals surface area (Å²) < 4.78 is 5.72. The Morgan fingerprint density at radius 3 is 3.05 bits per heavy atom. The van der Waals surface area contributed by atoms with Crippen LogP contribution in [0.3, 0.4) is 0 Å². The lowest BCUT2D eigenvalue weighted by atomic mass is 9.95. The largest absolute Gasteiger partial charge is 0.492 e. The number of para-hydroxylation sites is 1. The molecule has 104 valence electrons. The van der Waals surface area contributed by atoms with Gasteiger partial charge < -0.3 is 4.74 Å². The van der Waals surface area contributed by atoms with E-state index in [4.69, 9.17) is 4.74 Å². The van der Waals surface area contributed by atoms with Gasteiger partial charge >= 0.3 is 0 Å². The summed E-state index contributed by atoms with van der Waals surface area (Å²) in [5.74, 6) is 0.698. The molecule has 0 aliphatic carbocycles. The maximum absolute atomic E-state index is 12.4. The van der Waals surface area contributed by atoms with Crippen LogP contribution < -0.4 is 4.74 Å². The number of benzene rings is 1. The first-order chi connectivity index (χ1) is 10.3. The minimum atomic E-state index is -0.234. The fraction of sp³-hybridized carbons (Fsp3) is 0.200. The van der Waals surface area contributed by atoms with Crippen LogP contribution in [0.1, 0.15) is 16.1 Å². The summed E-state index contributed by atoms with van der Waals surface area (Å²) in [7, 11) is 0. The zero-order valence-corrected chi connectivity index (χ0v) is 11.1. The second-order valence-electron chi connectivity index (χ2n) is 4.97. The highest BCUT2D eigenvalue weighted by Crippen LogP contribution is 2.31. The van der Waals surface area contributed by atoms with Gasteiger partial charge in [0.15, 0.2) is 0 Å². The lowest BCUT2D eigenvalue weighted by Crippen LogP contribution is -2.31. The number of carbonyl (C=O) groups excluding carboxylic acids is 1. The van der Waals surface area contributed by atoms with E-state index in [0.717, 1.165) is 17.0 Å². The third-order valence-electron chi connectivity index (χ3n) is 3.63. The van der Waals surface area contributed by atoms with E-state index in [1.165, 1.54) is 23.6 Å². The zero-order chi connectivity index (χ0) is 14.2. The molecule has 1 unspecified atom stereocenters. The molecule has 6 nitrogen and oxygen atoms in total. The first kappa shape index (κ1) is 12.0. The van der Waals surface area contributed by atoms with Gasteiger partial charge in [-0.1, -0.05) is 12.1 Å². The molecule has 0 saturated heterocycles. The van der Waals surface area contributed by atoms with Gasteiger partial charge in [0.25, 0.3) is 5.91 Å². The van der Waals surface area contributed by atoms with Crippen LogP contribution in [0.5, 0.6) is 5.75 Å². The summed E-state index contributed by atoms with van der Waals surface area (Å²) in [6.45, 7) is 1.05. The van der Waals surface area contributed by atoms with Gasteiger partial charge in [-0.15, -0.1) is 0 Å². The molecule has 0 saturated carbocycles. The molecule has 1 aromatic heterocycles. The average Bonchev–Trinajstić information content (AvgIpc) is 2.99. The van der Waals surface area contributed by atoms with Gasteiger partial charge in [-0.2, -0.15) is 5.10 Å². The third kappa shape index (κ3) is 1.96. The minimum Gasteiger partial charge on any atom is -0.492 e. The van der Waals surface area contributed by atoms with Gasteiger partial charge in [0.2, 0.25) is 0 Å². The first-order valence-electron chi connectivity index (χ1n) is 6.71. The lowest BCUT2D eigenvalue weighted by molar-refractivity contribution is 0.0754. The molecule has 21 heavy (non-hydrogen) atoms. The lowest BCUT2D eigenvalue weighted by Gasteiger charge is -2.22. The number of hydrogen-bond acceptors (Lipinski definition) is 5. The Labute approximate surface area is 121 Å². The van der Waals surface area contributed by atoms with Crippen LogP contribution in [0.15, 0.2) is 48.0 Å². The molecular weight excluding hydrogens is 268 g/mol. The molecule has 2 aliphatic rings. The topological polar surface area (TPSA) is 67.7 Å². The van der Waals surface area contributed by atoms with Crippen LogP contribution in [0, 0.1) is 5.92 Å². The summed E-state index contributed by atoms with van der Waals surface area (Å²) in [6.07, 6.45) is 4.49. The van der Waals surface area contributed by atoms with Crippen LogP contribution >= 0.6 is 0 Å². The van der Waals surface area contributed by atoms with E-state index in [1.807, 2.05) is 24.3 Å². The van der Waals surface area contributed by atoms with Crippen molar-refractivity contribution in [1.82, 2.24) is 15.0 Å². The molecule has 1 aromatic carbocycles. The van der Waals surface area contributed by atoms with Gasteiger partial charge in [-0.25, -0.2) is 9.99 Å². The first-order valence-corrected chi connectivity index (χ1v) is 6.71. The second kappa shape index (κ2) is 4.66. The molecule has 2 aromatic rings. The Kier molecular flexibility index (Phi) is 2.67. The molecule has 6 heteroatoms. The zero-order valence-electron chi connectivity index (χ0n) is 11.1. The number of aromatic nitrogens is 2. The van der Waals surface area contributed by atoms with E-state index in [0.29, 0.717) is 18.8 Å². The number of nitrogens with zero attached hydrogens (tertiary/aromatic N) is 4. The summed E-state index contributed by atoms with van der Waals surface area (Å²) in [5, 5.41) is 5.93. The van der Waals surface area contributed by atoms with E-state index < -0.39 is 0 Å². The van der Waals surface area contributed by atoms with E-state index in [9.17, 15) is 4.79 Å². The normalized spacial score (nSPS) is 19.3. The maximum atomic E-state index is 12.4. The van der Waals surface area contributed by atoms with Crippen LogP contribution in [0.2, 0.25) is 0 Å². The van der Waals surface area contributed by atoms with Crippen molar-refractivity contribution in [2.24, 2.45) is 11.0 Å². The SMILES string of the molecule is O=C(c1cnccn1)N1CC2COc3ccccc3C2=N1. The Morgan fingerprint density at radius 2 is 2.19 bits per heavy atom. The maximum Gasteiger partial charge on any atom is 0.294 e. The van der Waals surface area contributed by atoms with Crippen LogP contribution in [-0.4, -0.2) is 39.7 Å². The third-order valence-corrected chi connectivity index (χ3v) is 3.63. The molecule has 0 radical (unpaired) electrons. The highest BCUT2D eigenvalue weighted by Gasteiger charge is 2.36. The molecular formula is C15H12N4O2. The van der Waals surface area contributed by atoms with Crippen molar-refractivity contribution in [3.05, 3.63) is 54.1 Å². The van der Waals surface area contributed by atoms with Crippen molar-refractivity contribution in [1.29, 1.82) is 0 Å². The molecule has 1 amide bonds. The fourth-order valence-electron chi connectivity index (χ4n) is 2.62. The van der Waals surface area contributed by atoms with Crippen molar-refractivity contribution >= 4 is 11.6 Å². The van der Waals surface area contributed by atoms with Crippen molar-refractivity contribution in [3.8, 4) is 5.75 Å². The van der Waals surface area contributed by atoms with Crippen molar-refractivity contribution in [3.63, 3.8) is 0 Å². The number of hydrazone groups is 1. The number of rotatable bonds is 1. The molecule has 3 heterocycles. The van der Waals surface area contributed by atoms with Gasteiger partial charge in [0, 0.05) is 18.0 Å². The van der Waals surface area contributed by atoms with Crippen LogP contribution in [0.4, 0.5) is 0 Å². The van der Waals surface area contributed by atoms with Crippen molar-refractivity contribution in [2.45, 2.75) is 0 Å². The van der Waals surface area contributed by atoms with Crippen molar-refractivity contribution < 1.29 is 9.53 Å². The molecule has 0 bridgehead atoms. The molecule has 0 fully saturated rings. The number of fused-ring (bicyclic) bond motifs is 3. The van der Waals surface area contributed by atoms with Crippen LogP contribution in [-0.2, 0) is 0 Å². The van der Waals surface area contributed by atoms with Gasteiger partial charge in [0.05, 0.1) is 31.0 Å². The highest BCUT2D eigenvalue weighted by molar-refractivity contribution is 6.08. The monoisotopic (exact) mass is 280 g/mol. The minimum absolute atomic E-state index is 0.112. The van der Waals surface area contributed by atoms with Gasteiger partial charge in [-0.05, 0) is 12.1 Å². The summed E-state index contributed by atoms with van der Waals surface area (Å²) in [6, 6.07) is 7.76. The molecule has 2 aliphatic heterocycles. The smallest absolute Gasteiger partial charge is 0.294 e. The Hall–Kier alpha value is -2.76. The van der Waals surface area contributed by atoms with Crippen molar-refractivity contribution in [2.75, 3.05) is 13.2 Å². The standard InChI is InChI=1S/C15H12N4O2/c20-15(12-7-16-5-6-17-12)19-8-10-9-21-13-4-2-1-3-11(13)14(10)18-19/h1-7,10H,8-9H2. The molecule has 4 rings (SSSR count). The Balaban J connectivity index is 1.68. The molecule has 0 spiro atoms.